The zero-order chi connectivity index (χ0) is 10.8. The third-order valence-corrected chi connectivity index (χ3v) is 3.01. The van der Waals surface area contributed by atoms with Crippen LogP contribution < -0.4 is 10.6 Å². The van der Waals surface area contributed by atoms with Crippen LogP contribution in [0.25, 0.3) is 0 Å². The Balaban J connectivity index is 1.92. The lowest BCUT2D eigenvalue weighted by Crippen LogP contribution is -2.53. The van der Waals surface area contributed by atoms with Crippen molar-refractivity contribution in [3.05, 3.63) is 0 Å². The van der Waals surface area contributed by atoms with Crippen molar-refractivity contribution < 1.29 is 9.59 Å². The number of carbonyl (C=O) groups is 2. The largest absolute Gasteiger partial charge is 0.355 e. The minimum Gasteiger partial charge on any atom is -0.355 e. The highest BCUT2D eigenvalue weighted by atomic mass is 16.2. The number of piperazine rings is 1. The van der Waals surface area contributed by atoms with Gasteiger partial charge in [0.15, 0.2) is 0 Å². The van der Waals surface area contributed by atoms with Crippen LogP contribution in [-0.2, 0) is 9.59 Å². The third kappa shape index (κ3) is 2.28. The maximum Gasteiger partial charge on any atom is 0.228 e. The minimum absolute atomic E-state index is 0.00321. The number of rotatable bonds is 1. The molecule has 2 heterocycles. The van der Waals surface area contributed by atoms with E-state index >= 15 is 0 Å². The summed E-state index contributed by atoms with van der Waals surface area (Å²) in [7, 11) is 0. The number of hydrogen-bond donors (Lipinski definition) is 2. The molecular formula is C10H17N3O2. The topological polar surface area (TPSA) is 61.4 Å². The van der Waals surface area contributed by atoms with E-state index < -0.39 is 0 Å². The average molecular weight is 211 g/mol. The summed E-state index contributed by atoms with van der Waals surface area (Å²) in [5, 5.41) is 5.99. The van der Waals surface area contributed by atoms with E-state index in [9.17, 15) is 9.59 Å². The second-order valence-corrected chi connectivity index (χ2v) is 4.34. The van der Waals surface area contributed by atoms with E-state index in [2.05, 4.69) is 17.6 Å². The standard InChI is InChI=1S/C10H17N3O2/c1-7-6-13(3-2-11-7)10(15)8-4-9(14)12-5-8/h7-8,11H,2-6H2,1H3,(H,12,14). The summed E-state index contributed by atoms with van der Waals surface area (Å²) in [6, 6.07) is 0.354. The van der Waals surface area contributed by atoms with Gasteiger partial charge in [0, 0.05) is 38.6 Å². The zero-order valence-electron chi connectivity index (χ0n) is 8.95. The van der Waals surface area contributed by atoms with Crippen LogP contribution in [0, 0.1) is 5.92 Å². The molecule has 0 aromatic carbocycles. The van der Waals surface area contributed by atoms with E-state index in [4.69, 9.17) is 0 Å². The molecule has 15 heavy (non-hydrogen) atoms. The van der Waals surface area contributed by atoms with E-state index in [1.165, 1.54) is 0 Å². The normalized spacial score (nSPS) is 31.5. The SMILES string of the molecule is CC1CN(C(=O)C2CNC(=O)C2)CCN1. The van der Waals surface area contributed by atoms with Gasteiger partial charge < -0.3 is 15.5 Å². The molecule has 2 atom stereocenters. The highest BCUT2D eigenvalue weighted by molar-refractivity contribution is 5.89. The molecular weight excluding hydrogens is 194 g/mol. The Morgan fingerprint density at radius 1 is 1.53 bits per heavy atom. The predicted octanol–water partition coefficient (Wildman–Crippen LogP) is -1.06. The van der Waals surface area contributed by atoms with Crippen molar-refractivity contribution in [3.63, 3.8) is 0 Å². The highest BCUT2D eigenvalue weighted by Crippen LogP contribution is 2.13. The molecule has 0 saturated carbocycles. The second-order valence-electron chi connectivity index (χ2n) is 4.34. The molecule has 2 aliphatic heterocycles. The first-order valence-electron chi connectivity index (χ1n) is 5.45. The van der Waals surface area contributed by atoms with Gasteiger partial charge >= 0.3 is 0 Å². The van der Waals surface area contributed by atoms with Crippen molar-refractivity contribution in [1.82, 2.24) is 15.5 Å². The molecule has 2 aliphatic rings. The quantitative estimate of drug-likeness (QED) is 0.581. The molecule has 0 bridgehead atoms. The van der Waals surface area contributed by atoms with Crippen LogP contribution in [0.2, 0.25) is 0 Å². The molecule has 2 fully saturated rings. The summed E-state index contributed by atoms with van der Waals surface area (Å²) in [6.45, 7) is 4.94. The van der Waals surface area contributed by atoms with Gasteiger partial charge in [-0.15, -0.1) is 0 Å². The molecule has 0 spiro atoms. The first-order valence-corrected chi connectivity index (χ1v) is 5.45. The number of hydrogen-bond acceptors (Lipinski definition) is 3. The van der Waals surface area contributed by atoms with Crippen LogP contribution in [0.15, 0.2) is 0 Å². The highest BCUT2D eigenvalue weighted by Gasteiger charge is 2.32. The molecule has 0 radical (unpaired) electrons. The average Bonchev–Trinajstić information content (AvgIpc) is 2.64. The van der Waals surface area contributed by atoms with Crippen LogP contribution in [0.4, 0.5) is 0 Å². The molecule has 0 aliphatic carbocycles. The molecule has 2 N–H and O–H groups in total. The van der Waals surface area contributed by atoms with Gasteiger partial charge in [-0.2, -0.15) is 0 Å². The van der Waals surface area contributed by atoms with Gasteiger partial charge in [-0.05, 0) is 6.92 Å². The van der Waals surface area contributed by atoms with Crippen molar-refractivity contribution in [2.45, 2.75) is 19.4 Å². The van der Waals surface area contributed by atoms with E-state index in [-0.39, 0.29) is 17.7 Å². The molecule has 84 valence electrons. The van der Waals surface area contributed by atoms with E-state index in [0.717, 1.165) is 19.6 Å². The van der Waals surface area contributed by atoms with Gasteiger partial charge in [0.25, 0.3) is 0 Å². The van der Waals surface area contributed by atoms with E-state index in [0.29, 0.717) is 19.0 Å². The fourth-order valence-electron chi connectivity index (χ4n) is 2.17. The maximum atomic E-state index is 12.0. The molecule has 2 amide bonds. The molecule has 2 unspecified atom stereocenters. The summed E-state index contributed by atoms with van der Waals surface area (Å²) in [4.78, 5) is 24.9. The molecule has 2 saturated heterocycles. The van der Waals surface area contributed by atoms with Gasteiger partial charge in [0.1, 0.15) is 0 Å². The number of nitrogens with zero attached hydrogens (tertiary/aromatic N) is 1. The molecule has 2 rings (SSSR count). The van der Waals surface area contributed by atoms with E-state index in [1.54, 1.807) is 0 Å². The molecule has 0 aromatic heterocycles. The van der Waals surface area contributed by atoms with Gasteiger partial charge in [0.2, 0.25) is 11.8 Å². The summed E-state index contributed by atoms with van der Waals surface area (Å²) in [5.74, 6) is -0.0129. The van der Waals surface area contributed by atoms with Crippen molar-refractivity contribution in [1.29, 1.82) is 0 Å². The maximum absolute atomic E-state index is 12.0. The lowest BCUT2D eigenvalue weighted by molar-refractivity contribution is -0.136. The fourth-order valence-corrected chi connectivity index (χ4v) is 2.17. The summed E-state index contributed by atoms with van der Waals surface area (Å²) in [5.41, 5.74) is 0. The third-order valence-electron chi connectivity index (χ3n) is 3.01. The van der Waals surface area contributed by atoms with Crippen LogP contribution in [0.1, 0.15) is 13.3 Å². The van der Waals surface area contributed by atoms with Gasteiger partial charge in [-0.1, -0.05) is 0 Å². The Kier molecular flexibility index (Phi) is 2.90. The van der Waals surface area contributed by atoms with Crippen LogP contribution in [-0.4, -0.2) is 48.9 Å². The lowest BCUT2D eigenvalue weighted by Gasteiger charge is -2.33. The Bertz CT molecular complexity index is 280. The molecule has 5 heteroatoms. The van der Waals surface area contributed by atoms with Crippen LogP contribution in [0.3, 0.4) is 0 Å². The van der Waals surface area contributed by atoms with Crippen molar-refractivity contribution >= 4 is 11.8 Å². The minimum atomic E-state index is -0.136. The lowest BCUT2D eigenvalue weighted by atomic mass is 10.1. The van der Waals surface area contributed by atoms with Gasteiger partial charge in [-0.3, -0.25) is 9.59 Å². The van der Waals surface area contributed by atoms with Crippen LogP contribution in [0.5, 0.6) is 0 Å². The summed E-state index contributed by atoms with van der Waals surface area (Å²) >= 11 is 0. The number of nitrogens with one attached hydrogen (secondary N) is 2. The Morgan fingerprint density at radius 2 is 2.33 bits per heavy atom. The summed E-state index contributed by atoms with van der Waals surface area (Å²) < 4.78 is 0. The monoisotopic (exact) mass is 211 g/mol. The van der Waals surface area contributed by atoms with Gasteiger partial charge in [-0.25, -0.2) is 0 Å². The Morgan fingerprint density at radius 3 is 2.93 bits per heavy atom. The number of amides is 2. The Hall–Kier alpha value is -1.10. The predicted molar refractivity (Wildman–Crippen MR) is 55.2 cm³/mol. The first kappa shape index (κ1) is 10.4. The van der Waals surface area contributed by atoms with Crippen molar-refractivity contribution in [3.8, 4) is 0 Å². The smallest absolute Gasteiger partial charge is 0.228 e. The first-order chi connectivity index (χ1) is 7.16. The van der Waals surface area contributed by atoms with Crippen molar-refractivity contribution in [2.24, 2.45) is 5.92 Å². The number of carbonyl (C=O) groups excluding carboxylic acids is 2. The molecule has 5 nitrogen and oxygen atoms in total. The second kappa shape index (κ2) is 4.18. The van der Waals surface area contributed by atoms with Crippen molar-refractivity contribution in [2.75, 3.05) is 26.2 Å². The fraction of sp³-hybridized carbons (Fsp3) is 0.800. The Labute approximate surface area is 89.2 Å². The summed E-state index contributed by atoms with van der Waals surface area (Å²) in [6.07, 6.45) is 0.358. The zero-order valence-corrected chi connectivity index (χ0v) is 8.95. The van der Waals surface area contributed by atoms with E-state index in [1.807, 2.05) is 4.90 Å². The van der Waals surface area contributed by atoms with Crippen LogP contribution >= 0.6 is 0 Å². The van der Waals surface area contributed by atoms with Gasteiger partial charge in [0.05, 0.1) is 5.92 Å². The molecule has 0 aromatic rings.